The third-order valence-corrected chi connectivity index (χ3v) is 9.84. The highest BCUT2D eigenvalue weighted by Gasteiger charge is 2.28. The first-order valence-corrected chi connectivity index (χ1v) is 17.3. The van der Waals surface area contributed by atoms with Crippen LogP contribution in [-0.4, -0.2) is 35.5 Å². The fraction of sp³-hybridized carbons (Fsp3) is 0.243. The van der Waals surface area contributed by atoms with Gasteiger partial charge in [0.15, 0.2) is 0 Å². The standard InChI is InChI=1S/C37H37N3O5S2/c1-4-45-37(44)32-29-18-8-9-19-31(29)47-36(32)40-33(41)24(3)46-28-17-11-16-27(22-28)38-35(43)30(21-25-13-10-12-23(2)20-25)39-34(42)26-14-6-5-7-15-26/h5-7,10-17,20-22,24H,4,8-9,18-19H2,1-3H3,(H,38,43)(H,39,42)(H,40,41)/b30-21+. The van der Waals surface area contributed by atoms with Crippen LogP contribution in [0.4, 0.5) is 10.7 Å². The molecule has 10 heteroatoms. The Morgan fingerprint density at radius 2 is 1.70 bits per heavy atom. The van der Waals surface area contributed by atoms with E-state index in [0.717, 1.165) is 52.1 Å². The molecule has 1 aliphatic rings. The number of amides is 3. The summed E-state index contributed by atoms with van der Waals surface area (Å²) in [7, 11) is 0. The average molecular weight is 668 g/mol. The minimum Gasteiger partial charge on any atom is -0.462 e. The lowest BCUT2D eigenvalue weighted by molar-refractivity contribution is -0.115. The van der Waals surface area contributed by atoms with Crippen LogP contribution in [0.15, 0.2) is 89.5 Å². The molecule has 0 fully saturated rings. The van der Waals surface area contributed by atoms with Crippen LogP contribution in [0.3, 0.4) is 0 Å². The molecule has 1 heterocycles. The van der Waals surface area contributed by atoms with Crippen molar-refractivity contribution in [3.05, 3.63) is 117 Å². The zero-order valence-corrected chi connectivity index (χ0v) is 28.2. The van der Waals surface area contributed by atoms with E-state index >= 15 is 0 Å². The second-order valence-electron chi connectivity index (χ2n) is 11.2. The van der Waals surface area contributed by atoms with Crippen LogP contribution in [-0.2, 0) is 27.2 Å². The highest BCUT2D eigenvalue weighted by atomic mass is 32.2. The molecule has 0 aliphatic heterocycles. The second kappa shape index (κ2) is 15.8. The molecule has 0 radical (unpaired) electrons. The zero-order chi connectivity index (χ0) is 33.3. The number of anilines is 2. The van der Waals surface area contributed by atoms with Crippen LogP contribution in [0, 0.1) is 6.92 Å². The van der Waals surface area contributed by atoms with E-state index in [4.69, 9.17) is 4.74 Å². The maximum atomic E-state index is 13.5. The maximum Gasteiger partial charge on any atom is 0.341 e. The summed E-state index contributed by atoms with van der Waals surface area (Å²) in [4.78, 5) is 54.6. The van der Waals surface area contributed by atoms with Gasteiger partial charge < -0.3 is 20.7 Å². The zero-order valence-electron chi connectivity index (χ0n) is 26.6. The molecule has 3 aromatic carbocycles. The number of aryl methyl sites for hydroxylation is 2. The number of thioether (sulfide) groups is 1. The summed E-state index contributed by atoms with van der Waals surface area (Å²) in [6.45, 7) is 5.78. The van der Waals surface area contributed by atoms with Crippen LogP contribution in [0.25, 0.3) is 6.08 Å². The lowest BCUT2D eigenvalue weighted by atomic mass is 9.95. The van der Waals surface area contributed by atoms with Gasteiger partial charge >= 0.3 is 5.97 Å². The van der Waals surface area contributed by atoms with Gasteiger partial charge in [-0.1, -0.05) is 54.1 Å². The van der Waals surface area contributed by atoms with Gasteiger partial charge in [0, 0.05) is 21.0 Å². The number of esters is 1. The van der Waals surface area contributed by atoms with Crippen molar-refractivity contribution in [2.75, 3.05) is 17.2 Å². The Hall–Kier alpha value is -4.67. The van der Waals surface area contributed by atoms with E-state index in [1.54, 1.807) is 62.4 Å². The number of nitrogens with one attached hydrogen (secondary N) is 3. The average Bonchev–Trinajstić information content (AvgIpc) is 3.43. The summed E-state index contributed by atoms with van der Waals surface area (Å²) < 4.78 is 5.32. The molecule has 0 spiro atoms. The number of carbonyl (C=O) groups excluding carboxylic acids is 4. The number of hydrogen-bond acceptors (Lipinski definition) is 7. The first-order valence-electron chi connectivity index (χ1n) is 15.6. The van der Waals surface area contributed by atoms with Crippen LogP contribution < -0.4 is 16.0 Å². The molecular weight excluding hydrogens is 631 g/mol. The van der Waals surface area contributed by atoms with Crippen molar-refractivity contribution in [1.29, 1.82) is 0 Å². The van der Waals surface area contributed by atoms with Crippen LogP contribution in [0.2, 0.25) is 0 Å². The van der Waals surface area contributed by atoms with E-state index in [0.29, 0.717) is 21.8 Å². The number of fused-ring (bicyclic) bond motifs is 1. The van der Waals surface area contributed by atoms with Gasteiger partial charge in [-0.05, 0) is 94.0 Å². The predicted octanol–water partition coefficient (Wildman–Crippen LogP) is 7.64. The van der Waals surface area contributed by atoms with Gasteiger partial charge in [-0.15, -0.1) is 23.1 Å². The topological polar surface area (TPSA) is 114 Å². The lowest BCUT2D eigenvalue weighted by Crippen LogP contribution is -2.30. The SMILES string of the molecule is CCOC(=O)c1c(NC(=O)C(C)Sc2cccc(NC(=O)/C(=C\c3cccc(C)c3)NC(=O)c3ccccc3)c2)sc2c1CCCC2. The molecule has 1 atom stereocenters. The molecule has 8 nitrogen and oxygen atoms in total. The van der Waals surface area contributed by atoms with Gasteiger partial charge in [0.05, 0.1) is 17.4 Å². The Morgan fingerprint density at radius 3 is 2.47 bits per heavy atom. The molecule has 1 aromatic heterocycles. The smallest absolute Gasteiger partial charge is 0.341 e. The Morgan fingerprint density at radius 1 is 0.936 bits per heavy atom. The Balaban J connectivity index is 1.29. The molecule has 0 saturated heterocycles. The molecule has 1 unspecified atom stereocenters. The highest BCUT2D eigenvalue weighted by Crippen LogP contribution is 2.39. The molecule has 1 aliphatic carbocycles. The molecule has 242 valence electrons. The molecule has 5 rings (SSSR count). The van der Waals surface area contributed by atoms with Crippen molar-refractivity contribution in [1.82, 2.24) is 5.32 Å². The first kappa shape index (κ1) is 33.7. The number of thiophene rings is 1. The Kier molecular flexibility index (Phi) is 11.3. The second-order valence-corrected chi connectivity index (χ2v) is 13.7. The van der Waals surface area contributed by atoms with Gasteiger partial charge in [-0.25, -0.2) is 4.79 Å². The monoisotopic (exact) mass is 667 g/mol. The number of ether oxygens (including phenoxy) is 1. The van der Waals surface area contributed by atoms with Gasteiger partial charge in [-0.2, -0.15) is 0 Å². The lowest BCUT2D eigenvalue weighted by Gasteiger charge is -2.15. The third-order valence-electron chi connectivity index (χ3n) is 7.54. The van der Waals surface area contributed by atoms with Crippen LogP contribution in [0.1, 0.15) is 69.0 Å². The van der Waals surface area contributed by atoms with Crippen molar-refractivity contribution in [3.8, 4) is 0 Å². The molecule has 0 bridgehead atoms. The van der Waals surface area contributed by atoms with Crippen LogP contribution >= 0.6 is 23.1 Å². The van der Waals surface area contributed by atoms with Gasteiger partial charge in [0.1, 0.15) is 10.7 Å². The molecule has 3 N–H and O–H groups in total. The number of rotatable bonds is 11. The van der Waals surface area contributed by atoms with E-state index in [-0.39, 0.29) is 18.2 Å². The summed E-state index contributed by atoms with van der Waals surface area (Å²) >= 11 is 2.79. The molecule has 3 amide bonds. The largest absolute Gasteiger partial charge is 0.462 e. The summed E-state index contributed by atoms with van der Waals surface area (Å²) in [6.07, 6.45) is 5.40. The maximum absolute atomic E-state index is 13.5. The molecule has 0 saturated carbocycles. The van der Waals surface area contributed by atoms with Gasteiger partial charge in [-0.3, -0.25) is 14.4 Å². The summed E-state index contributed by atoms with van der Waals surface area (Å²) in [5.41, 5.74) is 4.29. The van der Waals surface area contributed by atoms with E-state index in [1.165, 1.54) is 23.1 Å². The van der Waals surface area contributed by atoms with E-state index < -0.39 is 23.0 Å². The quantitative estimate of drug-likeness (QED) is 0.0861. The van der Waals surface area contributed by atoms with Gasteiger partial charge in [0.2, 0.25) is 5.91 Å². The Bertz CT molecular complexity index is 1820. The summed E-state index contributed by atoms with van der Waals surface area (Å²) in [5, 5.41) is 8.68. The first-order chi connectivity index (χ1) is 22.7. The van der Waals surface area contributed by atoms with Crippen molar-refractivity contribution in [2.45, 2.75) is 56.6 Å². The predicted molar refractivity (Wildman–Crippen MR) is 189 cm³/mol. The summed E-state index contributed by atoms with van der Waals surface area (Å²) in [6, 6.07) is 23.5. The van der Waals surface area contributed by atoms with Crippen molar-refractivity contribution in [2.24, 2.45) is 0 Å². The van der Waals surface area contributed by atoms with Crippen molar-refractivity contribution in [3.63, 3.8) is 0 Å². The molecular formula is C37H37N3O5S2. The fourth-order valence-electron chi connectivity index (χ4n) is 5.26. The minimum atomic E-state index is -0.503. The highest BCUT2D eigenvalue weighted by molar-refractivity contribution is 8.00. The normalized spacial score (nSPS) is 13.2. The Labute approximate surface area is 283 Å². The van der Waals surface area contributed by atoms with E-state index in [1.807, 2.05) is 43.3 Å². The number of hydrogen-bond donors (Lipinski definition) is 3. The van der Waals surface area contributed by atoms with Gasteiger partial charge in [0.25, 0.3) is 11.8 Å². The van der Waals surface area contributed by atoms with E-state index in [9.17, 15) is 19.2 Å². The third kappa shape index (κ3) is 8.78. The molecule has 47 heavy (non-hydrogen) atoms. The molecule has 4 aromatic rings. The fourth-order valence-corrected chi connectivity index (χ4v) is 7.47. The van der Waals surface area contributed by atoms with E-state index in [2.05, 4.69) is 16.0 Å². The van der Waals surface area contributed by atoms with Crippen molar-refractivity contribution >= 4 is 63.6 Å². The van der Waals surface area contributed by atoms with Crippen LogP contribution in [0.5, 0.6) is 0 Å². The summed E-state index contributed by atoms with van der Waals surface area (Å²) in [5.74, 6) is -1.53. The minimum absolute atomic E-state index is 0.0892. The number of carbonyl (C=O) groups is 4. The van der Waals surface area contributed by atoms with Crippen molar-refractivity contribution < 1.29 is 23.9 Å². The number of benzene rings is 3.